The molecular formula is C16H14ClF3N4O2S. The molecular weight excluding hydrogens is 405 g/mol. The predicted molar refractivity (Wildman–Crippen MR) is 94.5 cm³/mol. The molecule has 3 rings (SSSR count). The van der Waals surface area contributed by atoms with Crippen LogP contribution in [0.15, 0.2) is 47.6 Å². The van der Waals surface area contributed by atoms with E-state index in [-0.39, 0.29) is 27.1 Å². The molecule has 0 spiro atoms. The van der Waals surface area contributed by atoms with Gasteiger partial charge < -0.3 is 4.57 Å². The van der Waals surface area contributed by atoms with Gasteiger partial charge in [-0.3, -0.25) is 9.40 Å². The average molecular weight is 419 g/mol. The molecule has 0 atom stereocenters. The van der Waals surface area contributed by atoms with E-state index in [1.54, 1.807) is 24.5 Å². The Hall–Kier alpha value is -2.46. The van der Waals surface area contributed by atoms with Crippen LogP contribution >= 0.6 is 11.6 Å². The highest BCUT2D eigenvalue weighted by Crippen LogP contribution is 2.35. The third kappa shape index (κ3) is 3.67. The number of hydrogen-bond acceptors (Lipinski definition) is 3. The number of benzene rings is 1. The van der Waals surface area contributed by atoms with Crippen molar-refractivity contribution in [1.29, 1.82) is 0 Å². The Labute approximate surface area is 158 Å². The SMILES string of the molecule is Cc1nn(C)c(Cl)c1S(=O)(=O)Nc1cc(C(F)(F)F)ccc1-n1cccc1. The maximum absolute atomic E-state index is 13.1. The molecule has 1 N–H and O–H groups in total. The predicted octanol–water partition coefficient (Wildman–Crippen LogP) is 3.99. The number of halogens is 4. The first-order chi connectivity index (χ1) is 12.5. The molecule has 2 aromatic heterocycles. The summed E-state index contributed by atoms with van der Waals surface area (Å²) in [4.78, 5) is -0.289. The maximum Gasteiger partial charge on any atom is 0.416 e. The lowest BCUT2D eigenvalue weighted by atomic mass is 10.1. The number of hydrogen-bond donors (Lipinski definition) is 1. The summed E-state index contributed by atoms with van der Waals surface area (Å²) in [5, 5.41) is 3.78. The molecule has 27 heavy (non-hydrogen) atoms. The van der Waals surface area contributed by atoms with Crippen LogP contribution in [0.1, 0.15) is 11.3 Å². The first kappa shape index (κ1) is 19.3. The molecule has 0 unspecified atom stereocenters. The van der Waals surface area contributed by atoms with Crippen molar-refractivity contribution < 1.29 is 21.6 Å². The van der Waals surface area contributed by atoms with Crippen molar-refractivity contribution in [2.24, 2.45) is 7.05 Å². The van der Waals surface area contributed by atoms with Crippen molar-refractivity contribution in [3.8, 4) is 5.69 Å². The Morgan fingerprint density at radius 3 is 2.33 bits per heavy atom. The molecule has 0 saturated carbocycles. The zero-order valence-corrected chi connectivity index (χ0v) is 15.7. The van der Waals surface area contributed by atoms with Crippen molar-refractivity contribution >= 4 is 27.3 Å². The van der Waals surface area contributed by atoms with Crippen LogP contribution in [0.2, 0.25) is 5.15 Å². The highest BCUT2D eigenvalue weighted by molar-refractivity contribution is 7.92. The Balaban J connectivity index is 2.14. The number of aromatic nitrogens is 3. The van der Waals surface area contributed by atoms with Gasteiger partial charge in [-0.2, -0.15) is 18.3 Å². The molecule has 0 amide bonds. The summed E-state index contributed by atoms with van der Waals surface area (Å²) in [6.07, 6.45) is -1.46. The van der Waals surface area contributed by atoms with Gasteiger partial charge in [-0.25, -0.2) is 8.42 Å². The van der Waals surface area contributed by atoms with E-state index < -0.39 is 21.8 Å². The molecule has 0 aliphatic rings. The minimum absolute atomic E-state index is 0.129. The number of alkyl halides is 3. The molecule has 6 nitrogen and oxygen atoms in total. The van der Waals surface area contributed by atoms with E-state index >= 15 is 0 Å². The Bertz CT molecular complexity index is 1090. The number of rotatable bonds is 4. The number of aryl methyl sites for hydroxylation is 2. The van der Waals surface area contributed by atoms with E-state index in [1.807, 2.05) is 0 Å². The van der Waals surface area contributed by atoms with E-state index in [4.69, 9.17) is 11.6 Å². The highest BCUT2D eigenvalue weighted by Gasteiger charge is 2.32. The maximum atomic E-state index is 13.1. The van der Waals surface area contributed by atoms with Crippen molar-refractivity contribution in [2.75, 3.05) is 4.72 Å². The fourth-order valence-corrected chi connectivity index (χ4v) is 4.44. The quantitative estimate of drug-likeness (QED) is 0.696. The van der Waals surface area contributed by atoms with Gasteiger partial charge in [0.15, 0.2) is 0 Å². The van der Waals surface area contributed by atoms with Gasteiger partial charge in [0.05, 0.1) is 22.6 Å². The smallest absolute Gasteiger partial charge is 0.322 e. The zero-order chi connectivity index (χ0) is 20.0. The van der Waals surface area contributed by atoms with E-state index in [1.165, 1.54) is 29.3 Å². The van der Waals surface area contributed by atoms with Crippen molar-refractivity contribution in [3.63, 3.8) is 0 Å². The van der Waals surface area contributed by atoms with Crippen molar-refractivity contribution in [2.45, 2.75) is 18.0 Å². The molecule has 3 aromatic rings. The van der Waals surface area contributed by atoms with Gasteiger partial charge in [-0.05, 0) is 37.3 Å². The summed E-state index contributed by atoms with van der Waals surface area (Å²) >= 11 is 6.00. The van der Waals surface area contributed by atoms with Crippen molar-refractivity contribution in [1.82, 2.24) is 14.3 Å². The highest BCUT2D eigenvalue weighted by atomic mass is 35.5. The molecule has 0 fully saturated rings. The Morgan fingerprint density at radius 1 is 1.19 bits per heavy atom. The fourth-order valence-electron chi connectivity index (χ4n) is 2.63. The summed E-state index contributed by atoms with van der Waals surface area (Å²) < 4.78 is 69.8. The lowest BCUT2D eigenvalue weighted by Gasteiger charge is -2.16. The Kier molecular flexibility index (Phi) is 4.73. The fraction of sp³-hybridized carbons (Fsp3) is 0.188. The van der Waals surface area contributed by atoms with Gasteiger partial charge >= 0.3 is 6.18 Å². The van der Waals surface area contributed by atoms with Crippen LogP contribution in [0.25, 0.3) is 5.69 Å². The van der Waals surface area contributed by atoms with Crippen LogP contribution in [0, 0.1) is 6.92 Å². The van der Waals surface area contributed by atoms with Gasteiger partial charge in [-0.15, -0.1) is 0 Å². The van der Waals surface area contributed by atoms with Crippen LogP contribution in [0.5, 0.6) is 0 Å². The summed E-state index contributed by atoms with van der Waals surface area (Å²) in [7, 11) is -2.81. The standard InChI is InChI=1S/C16H14ClF3N4O2S/c1-10-14(15(17)23(2)21-10)27(25,26)22-12-9-11(16(18,19)20)5-6-13(12)24-7-3-4-8-24/h3-9,22H,1-2H3. The number of nitrogens with zero attached hydrogens (tertiary/aromatic N) is 3. The summed E-state index contributed by atoms with van der Waals surface area (Å²) in [6.45, 7) is 1.44. The molecule has 0 bridgehead atoms. The molecule has 2 heterocycles. The topological polar surface area (TPSA) is 68.9 Å². The van der Waals surface area contributed by atoms with E-state index in [9.17, 15) is 21.6 Å². The molecule has 0 radical (unpaired) electrons. The van der Waals surface area contributed by atoms with Gasteiger partial charge in [0, 0.05) is 19.4 Å². The van der Waals surface area contributed by atoms with Gasteiger partial charge in [0.2, 0.25) is 0 Å². The lowest BCUT2D eigenvalue weighted by molar-refractivity contribution is -0.137. The number of anilines is 1. The second-order valence-corrected chi connectivity index (χ2v) is 7.73. The van der Waals surface area contributed by atoms with Gasteiger partial charge in [-0.1, -0.05) is 11.6 Å². The second-order valence-electron chi connectivity index (χ2n) is 5.75. The monoisotopic (exact) mass is 418 g/mol. The lowest BCUT2D eigenvalue weighted by Crippen LogP contribution is -2.17. The van der Waals surface area contributed by atoms with E-state index in [0.29, 0.717) is 0 Å². The average Bonchev–Trinajstić information content (AvgIpc) is 3.15. The van der Waals surface area contributed by atoms with Gasteiger partial charge in [0.25, 0.3) is 10.0 Å². The molecule has 0 saturated heterocycles. The number of sulfonamides is 1. The third-order valence-electron chi connectivity index (χ3n) is 3.82. The van der Waals surface area contributed by atoms with Crippen LogP contribution in [0.3, 0.4) is 0 Å². The van der Waals surface area contributed by atoms with E-state index in [0.717, 1.165) is 12.1 Å². The molecule has 0 aliphatic heterocycles. The molecule has 11 heteroatoms. The van der Waals surface area contributed by atoms with Crippen LogP contribution in [0.4, 0.5) is 18.9 Å². The largest absolute Gasteiger partial charge is 0.416 e. The third-order valence-corrected chi connectivity index (χ3v) is 5.88. The first-order valence-electron chi connectivity index (χ1n) is 7.57. The summed E-state index contributed by atoms with van der Waals surface area (Å²) in [5.41, 5.74) is -0.857. The van der Waals surface area contributed by atoms with Crippen LogP contribution < -0.4 is 4.72 Å². The summed E-state index contributed by atoms with van der Waals surface area (Å²) in [6, 6.07) is 6.15. The minimum Gasteiger partial charge on any atom is -0.322 e. The van der Waals surface area contributed by atoms with Crippen LogP contribution in [-0.4, -0.2) is 22.8 Å². The minimum atomic E-state index is -4.63. The zero-order valence-electron chi connectivity index (χ0n) is 14.1. The first-order valence-corrected chi connectivity index (χ1v) is 9.43. The van der Waals surface area contributed by atoms with Crippen LogP contribution in [-0.2, 0) is 23.2 Å². The van der Waals surface area contributed by atoms with Gasteiger partial charge in [0.1, 0.15) is 10.0 Å². The normalized spacial score (nSPS) is 12.4. The molecule has 0 aliphatic carbocycles. The van der Waals surface area contributed by atoms with E-state index in [2.05, 4.69) is 9.82 Å². The second kappa shape index (κ2) is 6.61. The molecule has 144 valence electrons. The molecule has 1 aromatic carbocycles. The number of nitrogens with one attached hydrogen (secondary N) is 1. The summed E-state index contributed by atoms with van der Waals surface area (Å²) in [5.74, 6) is 0. The Morgan fingerprint density at radius 2 is 1.81 bits per heavy atom. The van der Waals surface area contributed by atoms with Crippen molar-refractivity contribution in [3.05, 3.63) is 59.1 Å².